The zero-order chi connectivity index (χ0) is 11.0. The summed E-state index contributed by atoms with van der Waals surface area (Å²) in [6.07, 6.45) is 0. The molecule has 5 nitrogen and oxygen atoms in total. The highest BCUT2D eigenvalue weighted by Gasteiger charge is 2.36. The fourth-order valence-electron chi connectivity index (χ4n) is 1.59. The fraction of sp³-hybridized carbons (Fsp3) is 0.100. The highest BCUT2D eigenvalue weighted by molar-refractivity contribution is 6.17. The first-order chi connectivity index (χ1) is 7.11. The molecule has 2 N–H and O–H groups in total. The summed E-state index contributed by atoms with van der Waals surface area (Å²) in [6.45, 7) is 0. The Morgan fingerprint density at radius 3 is 2.60 bits per heavy atom. The Morgan fingerprint density at radius 1 is 1.27 bits per heavy atom. The van der Waals surface area contributed by atoms with Crippen LogP contribution in [0.3, 0.4) is 0 Å². The van der Waals surface area contributed by atoms with Gasteiger partial charge in [-0.1, -0.05) is 18.2 Å². The quantitative estimate of drug-likeness (QED) is 0.504. The van der Waals surface area contributed by atoms with Gasteiger partial charge in [0.15, 0.2) is 5.92 Å². The fourth-order valence-corrected chi connectivity index (χ4v) is 1.59. The molecular formula is C10H7NO4. The van der Waals surface area contributed by atoms with Gasteiger partial charge in [0.25, 0.3) is 5.91 Å². The molecule has 0 spiro atoms. The van der Waals surface area contributed by atoms with Crippen molar-refractivity contribution in [3.8, 4) is 0 Å². The topological polar surface area (TPSA) is 83.5 Å². The van der Waals surface area contributed by atoms with Crippen molar-refractivity contribution in [1.29, 1.82) is 0 Å². The van der Waals surface area contributed by atoms with Gasteiger partial charge in [-0.05, 0) is 11.6 Å². The molecule has 1 aliphatic heterocycles. The molecule has 1 aliphatic rings. The lowest BCUT2D eigenvalue weighted by atomic mass is 9.90. The van der Waals surface area contributed by atoms with Crippen molar-refractivity contribution in [2.24, 2.45) is 0 Å². The number of aliphatic carboxylic acids is 1. The van der Waals surface area contributed by atoms with Crippen LogP contribution in [0.25, 0.3) is 0 Å². The maximum atomic E-state index is 11.3. The number of fused-ring (bicyclic) bond motifs is 1. The molecule has 0 aliphatic carbocycles. The number of amides is 2. The Balaban J connectivity index is 2.61. The number of carbonyl (C=O) groups excluding carboxylic acids is 2. The van der Waals surface area contributed by atoms with Crippen LogP contribution >= 0.6 is 0 Å². The lowest BCUT2D eigenvalue weighted by molar-refractivity contribution is -0.143. The molecule has 15 heavy (non-hydrogen) atoms. The zero-order valence-corrected chi connectivity index (χ0v) is 7.56. The summed E-state index contributed by atoms with van der Waals surface area (Å²) in [5, 5.41) is 10.9. The smallest absolute Gasteiger partial charge is 0.320 e. The minimum Gasteiger partial charge on any atom is -0.480 e. The third kappa shape index (κ3) is 1.38. The minimum atomic E-state index is -1.29. The summed E-state index contributed by atoms with van der Waals surface area (Å²) in [4.78, 5) is 33.5. The van der Waals surface area contributed by atoms with Crippen molar-refractivity contribution < 1.29 is 19.5 Å². The first-order valence-corrected chi connectivity index (χ1v) is 4.28. The minimum absolute atomic E-state index is 0.240. The van der Waals surface area contributed by atoms with Gasteiger partial charge >= 0.3 is 5.97 Å². The van der Waals surface area contributed by atoms with E-state index in [0.29, 0.717) is 0 Å². The van der Waals surface area contributed by atoms with E-state index in [1.165, 1.54) is 12.1 Å². The van der Waals surface area contributed by atoms with Gasteiger partial charge in [-0.2, -0.15) is 0 Å². The van der Waals surface area contributed by atoms with Crippen molar-refractivity contribution in [1.82, 2.24) is 5.32 Å². The summed E-state index contributed by atoms with van der Waals surface area (Å²) in [5.41, 5.74) is 0.489. The Bertz CT molecular complexity index is 466. The van der Waals surface area contributed by atoms with Crippen LogP contribution in [-0.4, -0.2) is 22.9 Å². The van der Waals surface area contributed by atoms with Crippen molar-refractivity contribution in [3.63, 3.8) is 0 Å². The summed E-state index contributed by atoms with van der Waals surface area (Å²) in [6, 6.07) is 6.19. The maximum absolute atomic E-state index is 11.3. The van der Waals surface area contributed by atoms with Gasteiger partial charge in [0.2, 0.25) is 5.91 Å². The van der Waals surface area contributed by atoms with Crippen LogP contribution in [0.5, 0.6) is 0 Å². The van der Waals surface area contributed by atoms with Crippen LogP contribution < -0.4 is 5.32 Å². The van der Waals surface area contributed by atoms with Crippen LogP contribution in [0.2, 0.25) is 0 Å². The van der Waals surface area contributed by atoms with E-state index in [0.717, 1.165) is 0 Å². The van der Waals surface area contributed by atoms with Gasteiger partial charge in [-0.15, -0.1) is 0 Å². The first kappa shape index (κ1) is 9.39. The number of benzene rings is 1. The molecule has 0 saturated carbocycles. The third-order valence-corrected chi connectivity index (χ3v) is 2.26. The lowest BCUT2D eigenvalue weighted by Crippen LogP contribution is -2.43. The molecule has 0 fully saturated rings. The Hall–Kier alpha value is -2.17. The standard InChI is InChI=1S/C10H7NO4/c12-8-6-4-2-1-3-5(6)7(10(14)15)9(13)11-8/h1-4,7H,(H,14,15)(H,11,12,13). The van der Waals surface area contributed by atoms with Crippen LogP contribution in [0, 0.1) is 0 Å². The molecule has 1 unspecified atom stereocenters. The summed E-state index contributed by atoms with van der Waals surface area (Å²) in [5.74, 6) is -3.88. The molecule has 0 bridgehead atoms. The highest BCUT2D eigenvalue weighted by Crippen LogP contribution is 2.24. The number of carbonyl (C=O) groups is 3. The largest absolute Gasteiger partial charge is 0.480 e. The van der Waals surface area contributed by atoms with Gasteiger partial charge in [0, 0.05) is 5.56 Å². The van der Waals surface area contributed by atoms with E-state index < -0.39 is 23.7 Å². The summed E-state index contributed by atoms with van der Waals surface area (Å²) < 4.78 is 0. The maximum Gasteiger partial charge on any atom is 0.320 e. The van der Waals surface area contributed by atoms with Gasteiger partial charge in [-0.3, -0.25) is 19.7 Å². The molecule has 1 aromatic rings. The molecular weight excluding hydrogens is 198 g/mol. The third-order valence-electron chi connectivity index (χ3n) is 2.26. The SMILES string of the molecule is O=C1NC(=O)C(C(=O)O)c2ccccc21. The molecule has 76 valence electrons. The number of hydrogen-bond donors (Lipinski definition) is 2. The van der Waals surface area contributed by atoms with Crippen LogP contribution in [0.15, 0.2) is 24.3 Å². The molecule has 2 amide bonds. The monoisotopic (exact) mass is 205 g/mol. The molecule has 0 aromatic heterocycles. The molecule has 1 aromatic carbocycles. The van der Waals surface area contributed by atoms with E-state index in [9.17, 15) is 14.4 Å². The predicted molar refractivity (Wildman–Crippen MR) is 49.3 cm³/mol. The molecule has 5 heteroatoms. The molecule has 1 atom stereocenters. The molecule has 1 heterocycles. The first-order valence-electron chi connectivity index (χ1n) is 4.28. The van der Waals surface area contributed by atoms with Gasteiger partial charge < -0.3 is 5.11 Å². The van der Waals surface area contributed by atoms with Crippen molar-refractivity contribution >= 4 is 17.8 Å². The number of carboxylic acid groups (broad SMARTS) is 1. The van der Waals surface area contributed by atoms with Crippen molar-refractivity contribution in [2.45, 2.75) is 5.92 Å². The second-order valence-corrected chi connectivity index (χ2v) is 3.18. The van der Waals surface area contributed by atoms with Crippen molar-refractivity contribution in [2.75, 3.05) is 0 Å². The number of imide groups is 1. The van der Waals surface area contributed by atoms with Gasteiger partial charge in [-0.25, -0.2) is 0 Å². The average Bonchev–Trinajstić information content (AvgIpc) is 2.17. The molecule has 0 radical (unpaired) electrons. The number of hydrogen-bond acceptors (Lipinski definition) is 3. The normalized spacial score (nSPS) is 19.3. The van der Waals surface area contributed by atoms with E-state index >= 15 is 0 Å². The second-order valence-electron chi connectivity index (χ2n) is 3.18. The van der Waals surface area contributed by atoms with Crippen molar-refractivity contribution in [3.05, 3.63) is 35.4 Å². The van der Waals surface area contributed by atoms with E-state index in [4.69, 9.17) is 5.11 Å². The number of rotatable bonds is 1. The number of nitrogens with one attached hydrogen (secondary N) is 1. The van der Waals surface area contributed by atoms with E-state index in [-0.39, 0.29) is 11.1 Å². The predicted octanol–water partition coefficient (Wildman–Crippen LogP) is 0.125. The Labute approximate surface area is 84.7 Å². The van der Waals surface area contributed by atoms with E-state index in [1.54, 1.807) is 12.1 Å². The second kappa shape index (κ2) is 3.20. The van der Waals surface area contributed by atoms with Crippen LogP contribution in [0.1, 0.15) is 21.8 Å². The average molecular weight is 205 g/mol. The summed E-state index contributed by atoms with van der Waals surface area (Å²) in [7, 11) is 0. The van der Waals surface area contributed by atoms with Crippen LogP contribution in [0.4, 0.5) is 0 Å². The summed E-state index contributed by atoms with van der Waals surface area (Å²) >= 11 is 0. The van der Waals surface area contributed by atoms with Gasteiger partial charge in [0.05, 0.1) is 0 Å². The Morgan fingerprint density at radius 2 is 1.93 bits per heavy atom. The van der Waals surface area contributed by atoms with Gasteiger partial charge in [0.1, 0.15) is 0 Å². The lowest BCUT2D eigenvalue weighted by Gasteiger charge is -2.20. The molecule has 0 saturated heterocycles. The number of carboxylic acids is 1. The zero-order valence-electron chi connectivity index (χ0n) is 7.56. The molecule has 2 rings (SSSR count). The highest BCUT2D eigenvalue weighted by atomic mass is 16.4. The van der Waals surface area contributed by atoms with Crippen LogP contribution in [-0.2, 0) is 9.59 Å². The van der Waals surface area contributed by atoms with E-state index in [2.05, 4.69) is 0 Å². The Kier molecular flexibility index (Phi) is 2.00. The van der Waals surface area contributed by atoms with E-state index in [1.807, 2.05) is 5.32 Å².